The normalized spacial score (nSPS) is 11.5. The molecule has 0 fully saturated rings. The number of rotatable bonds is 5. The SMILES string of the molecule is COC(=O)C[C@@H](NC(C)=O)c1ccccc1OC. The monoisotopic (exact) mass is 251 g/mol. The summed E-state index contributed by atoms with van der Waals surface area (Å²) in [6.45, 7) is 1.40. The fraction of sp³-hybridized carbons (Fsp3) is 0.385. The molecule has 1 aromatic carbocycles. The fourth-order valence-electron chi connectivity index (χ4n) is 1.69. The third-order valence-electron chi connectivity index (χ3n) is 2.49. The zero-order valence-corrected chi connectivity index (χ0v) is 10.7. The fourth-order valence-corrected chi connectivity index (χ4v) is 1.69. The first-order chi connectivity index (χ1) is 8.58. The van der Waals surface area contributed by atoms with E-state index in [1.54, 1.807) is 13.2 Å². The Labute approximate surface area is 106 Å². The topological polar surface area (TPSA) is 64.6 Å². The predicted octanol–water partition coefficient (Wildman–Crippen LogP) is 1.44. The Kier molecular flexibility index (Phi) is 5.17. The molecule has 1 amide bonds. The van der Waals surface area contributed by atoms with Gasteiger partial charge in [0.25, 0.3) is 0 Å². The molecule has 0 aliphatic carbocycles. The lowest BCUT2D eigenvalue weighted by atomic mass is 10.0. The molecule has 0 unspecified atom stereocenters. The van der Waals surface area contributed by atoms with Crippen molar-refractivity contribution in [1.29, 1.82) is 0 Å². The largest absolute Gasteiger partial charge is 0.496 e. The molecule has 1 atom stereocenters. The van der Waals surface area contributed by atoms with Crippen LogP contribution in [0, 0.1) is 0 Å². The molecular weight excluding hydrogens is 234 g/mol. The van der Waals surface area contributed by atoms with Crippen molar-refractivity contribution in [2.45, 2.75) is 19.4 Å². The lowest BCUT2D eigenvalue weighted by Crippen LogP contribution is -2.28. The van der Waals surface area contributed by atoms with Gasteiger partial charge in [0.1, 0.15) is 5.75 Å². The van der Waals surface area contributed by atoms with Gasteiger partial charge in [0.05, 0.1) is 26.7 Å². The van der Waals surface area contributed by atoms with Crippen LogP contribution in [0.1, 0.15) is 24.9 Å². The number of hydrogen-bond donors (Lipinski definition) is 1. The summed E-state index contributed by atoms with van der Waals surface area (Å²) in [5, 5.41) is 2.72. The summed E-state index contributed by atoms with van der Waals surface area (Å²) in [6, 6.07) is 6.78. The molecule has 1 N–H and O–H groups in total. The number of para-hydroxylation sites is 1. The van der Waals surface area contributed by atoms with Gasteiger partial charge >= 0.3 is 5.97 Å². The highest BCUT2D eigenvalue weighted by Crippen LogP contribution is 2.27. The molecule has 5 heteroatoms. The van der Waals surface area contributed by atoms with Crippen LogP contribution in [0.3, 0.4) is 0 Å². The lowest BCUT2D eigenvalue weighted by Gasteiger charge is -2.19. The van der Waals surface area contributed by atoms with Crippen LogP contribution in [0.15, 0.2) is 24.3 Å². The molecule has 18 heavy (non-hydrogen) atoms. The molecule has 0 heterocycles. The summed E-state index contributed by atoms with van der Waals surface area (Å²) in [5.74, 6) is 0.0228. The van der Waals surface area contributed by atoms with Crippen LogP contribution in [-0.2, 0) is 14.3 Å². The number of amides is 1. The molecule has 1 rings (SSSR count). The maximum Gasteiger partial charge on any atom is 0.307 e. The van der Waals surface area contributed by atoms with Crippen LogP contribution >= 0.6 is 0 Å². The van der Waals surface area contributed by atoms with Crippen molar-refractivity contribution in [3.05, 3.63) is 29.8 Å². The smallest absolute Gasteiger partial charge is 0.307 e. The molecule has 5 nitrogen and oxygen atoms in total. The van der Waals surface area contributed by atoms with Gasteiger partial charge in [0.2, 0.25) is 5.91 Å². The van der Waals surface area contributed by atoms with E-state index in [1.807, 2.05) is 18.2 Å². The van der Waals surface area contributed by atoms with Gasteiger partial charge < -0.3 is 14.8 Å². The Morgan fingerprint density at radius 2 is 1.94 bits per heavy atom. The van der Waals surface area contributed by atoms with E-state index in [9.17, 15) is 9.59 Å². The molecule has 0 saturated carbocycles. The van der Waals surface area contributed by atoms with Gasteiger partial charge in [-0.15, -0.1) is 0 Å². The maximum absolute atomic E-state index is 11.4. The van der Waals surface area contributed by atoms with Crippen molar-refractivity contribution in [2.24, 2.45) is 0 Å². The van der Waals surface area contributed by atoms with Gasteiger partial charge in [0.15, 0.2) is 0 Å². The Hall–Kier alpha value is -2.04. The van der Waals surface area contributed by atoms with Crippen molar-refractivity contribution >= 4 is 11.9 Å². The Balaban J connectivity index is 3.00. The molecule has 0 saturated heterocycles. The van der Waals surface area contributed by atoms with Gasteiger partial charge in [-0.05, 0) is 6.07 Å². The molecule has 98 valence electrons. The van der Waals surface area contributed by atoms with Crippen LogP contribution in [0.5, 0.6) is 5.75 Å². The van der Waals surface area contributed by atoms with Crippen molar-refractivity contribution in [3.8, 4) is 5.75 Å². The standard InChI is InChI=1S/C13H17NO4/c1-9(15)14-11(8-13(16)18-3)10-6-4-5-7-12(10)17-2/h4-7,11H,8H2,1-3H3,(H,14,15)/t11-/m1/s1. The van der Waals surface area contributed by atoms with Gasteiger partial charge in [-0.25, -0.2) is 0 Å². The van der Waals surface area contributed by atoms with Crippen molar-refractivity contribution < 1.29 is 19.1 Å². The molecule has 1 aromatic rings. The van der Waals surface area contributed by atoms with Crippen molar-refractivity contribution in [2.75, 3.05) is 14.2 Å². The number of benzene rings is 1. The number of nitrogens with one attached hydrogen (secondary N) is 1. The number of esters is 1. The molecule has 0 aromatic heterocycles. The second-order valence-corrected chi connectivity index (χ2v) is 3.78. The number of ether oxygens (including phenoxy) is 2. The quantitative estimate of drug-likeness (QED) is 0.804. The highest BCUT2D eigenvalue weighted by atomic mass is 16.5. The summed E-state index contributed by atoms with van der Waals surface area (Å²) in [5.41, 5.74) is 0.751. The van der Waals surface area contributed by atoms with Crippen LogP contribution < -0.4 is 10.1 Å². The highest BCUT2D eigenvalue weighted by molar-refractivity contribution is 5.76. The highest BCUT2D eigenvalue weighted by Gasteiger charge is 2.20. The third kappa shape index (κ3) is 3.76. The van der Waals surface area contributed by atoms with E-state index in [0.29, 0.717) is 5.75 Å². The lowest BCUT2D eigenvalue weighted by molar-refractivity contribution is -0.141. The van der Waals surface area contributed by atoms with Gasteiger partial charge in [0, 0.05) is 12.5 Å². The van der Waals surface area contributed by atoms with E-state index < -0.39 is 6.04 Å². The number of carbonyl (C=O) groups is 2. The Morgan fingerprint density at radius 1 is 1.28 bits per heavy atom. The number of methoxy groups -OCH3 is 2. The van der Waals surface area contributed by atoms with Crippen molar-refractivity contribution in [1.82, 2.24) is 5.32 Å². The van der Waals surface area contributed by atoms with Crippen LogP contribution in [0.4, 0.5) is 0 Å². The summed E-state index contributed by atoms with van der Waals surface area (Å²) in [7, 11) is 2.86. The van der Waals surface area contributed by atoms with E-state index in [-0.39, 0.29) is 18.3 Å². The van der Waals surface area contributed by atoms with E-state index in [4.69, 9.17) is 4.74 Å². The minimum atomic E-state index is -0.453. The average molecular weight is 251 g/mol. The second-order valence-electron chi connectivity index (χ2n) is 3.78. The molecule has 0 spiro atoms. The van der Waals surface area contributed by atoms with Gasteiger partial charge in [-0.2, -0.15) is 0 Å². The number of carbonyl (C=O) groups excluding carboxylic acids is 2. The molecule has 0 aliphatic rings. The minimum Gasteiger partial charge on any atom is -0.496 e. The van der Waals surface area contributed by atoms with Crippen LogP contribution in [0.25, 0.3) is 0 Å². The summed E-state index contributed by atoms with van der Waals surface area (Å²) in [6.07, 6.45) is 0.0659. The van der Waals surface area contributed by atoms with Gasteiger partial charge in [-0.1, -0.05) is 18.2 Å². The maximum atomic E-state index is 11.4. The Morgan fingerprint density at radius 3 is 2.50 bits per heavy atom. The van der Waals surface area contributed by atoms with E-state index in [2.05, 4.69) is 10.1 Å². The first-order valence-corrected chi connectivity index (χ1v) is 5.55. The first kappa shape index (κ1) is 14.0. The zero-order chi connectivity index (χ0) is 13.5. The summed E-state index contributed by atoms with van der Waals surface area (Å²) >= 11 is 0. The molecule has 0 radical (unpaired) electrons. The van der Waals surface area contributed by atoms with Crippen LogP contribution in [-0.4, -0.2) is 26.1 Å². The van der Waals surface area contributed by atoms with Gasteiger partial charge in [-0.3, -0.25) is 9.59 Å². The predicted molar refractivity (Wildman–Crippen MR) is 66.2 cm³/mol. The zero-order valence-electron chi connectivity index (χ0n) is 10.7. The molecule has 0 bridgehead atoms. The Bertz CT molecular complexity index is 431. The molecular formula is C13H17NO4. The van der Waals surface area contributed by atoms with E-state index in [0.717, 1.165) is 5.56 Å². The third-order valence-corrected chi connectivity index (χ3v) is 2.49. The van der Waals surface area contributed by atoms with Crippen molar-refractivity contribution in [3.63, 3.8) is 0 Å². The molecule has 0 aliphatic heterocycles. The second kappa shape index (κ2) is 6.64. The summed E-state index contributed by atoms with van der Waals surface area (Å²) < 4.78 is 9.85. The van der Waals surface area contributed by atoms with Crippen LogP contribution in [0.2, 0.25) is 0 Å². The number of hydrogen-bond acceptors (Lipinski definition) is 4. The minimum absolute atomic E-state index is 0.0659. The first-order valence-electron chi connectivity index (χ1n) is 5.55. The summed E-state index contributed by atoms with van der Waals surface area (Å²) in [4.78, 5) is 22.6. The average Bonchev–Trinajstić information content (AvgIpc) is 2.37. The van der Waals surface area contributed by atoms with E-state index in [1.165, 1.54) is 14.0 Å². The van der Waals surface area contributed by atoms with E-state index >= 15 is 0 Å².